The van der Waals surface area contributed by atoms with E-state index in [2.05, 4.69) is 53.4 Å². The standard InChI is InChI=1S/C28H26N2O2S.Na.H/c31-27(32)23-15-9-10-20(18-23)19-30(24-16-7-8-17-24)28-29-25(21-11-3-1-4-12-21)26(33-28)22-13-5-2-6-14-22;;/h1-6,9-15,18,24H,7-8,16-17,19H2,(H,31,32);;. The number of hydrogen-bond acceptors (Lipinski definition) is 4. The number of carboxylic acid groups (broad SMARTS) is 1. The number of aromatic carboxylic acids is 1. The van der Waals surface area contributed by atoms with Gasteiger partial charge in [-0.2, -0.15) is 0 Å². The van der Waals surface area contributed by atoms with Gasteiger partial charge in [0.05, 0.1) is 16.1 Å². The Morgan fingerprint density at radius 3 is 2.21 bits per heavy atom. The third kappa shape index (κ3) is 5.44. The fourth-order valence-electron chi connectivity index (χ4n) is 4.58. The number of hydrogen-bond donors (Lipinski definition) is 1. The van der Waals surface area contributed by atoms with E-state index in [1.807, 2.05) is 24.3 Å². The summed E-state index contributed by atoms with van der Waals surface area (Å²) in [7, 11) is 0. The molecule has 4 aromatic rings. The second-order valence-electron chi connectivity index (χ2n) is 8.48. The Morgan fingerprint density at radius 1 is 0.912 bits per heavy atom. The van der Waals surface area contributed by atoms with Crippen LogP contribution in [0.3, 0.4) is 0 Å². The summed E-state index contributed by atoms with van der Waals surface area (Å²) in [5, 5.41) is 10.4. The van der Waals surface area contributed by atoms with Gasteiger partial charge in [0.25, 0.3) is 0 Å². The summed E-state index contributed by atoms with van der Waals surface area (Å²) in [6, 6.07) is 28.5. The van der Waals surface area contributed by atoms with E-state index in [4.69, 9.17) is 4.98 Å². The van der Waals surface area contributed by atoms with Crippen LogP contribution in [0.25, 0.3) is 21.7 Å². The van der Waals surface area contributed by atoms with Crippen molar-refractivity contribution in [2.45, 2.75) is 38.3 Å². The normalized spacial score (nSPS) is 13.4. The second-order valence-corrected chi connectivity index (χ2v) is 9.46. The molecular weight excluding hydrogens is 451 g/mol. The van der Waals surface area contributed by atoms with Crippen LogP contribution in [-0.4, -0.2) is 51.7 Å². The zero-order valence-corrected chi connectivity index (χ0v) is 19.2. The molecule has 0 amide bonds. The van der Waals surface area contributed by atoms with Gasteiger partial charge in [-0.05, 0) is 36.1 Å². The van der Waals surface area contributed by atoms with Gasteiger partial charge < -0.3 is 10.0 Å². The van der Waals surface area contributed by atoms with E-state index in [-0.39, 0.29) is 29.6 Å². The Kier molecular flexibility index (Phi) is 8.22. The van der Waals surface area contributed by atoms with Crippen LogP contribution < -0.4 is 4.90 Å². The van der Waals surface area contributed by atoms with Crippen LogP contribution in [-0.2, 0) is 6.54 Å². The summed E-state index contributed by atoms with van der Waals surface area (Å²) in [6.07, 6.45) is 4.72. The predicted octanol–water partition coefficient (Wildman–Crippen LogP) is 6.48. The van der Waals surface area contributed by atoms with Crippen LogP contribution >= 0.6 is 11.3 Å². The number of benzene rings is 3. The zero-order valence-electron chi connectivity index (χ0n) is 18.4. The molecule has 0 aliphatic heterocycles. The summed E-state index contributed by atoms with van der Waals surface area (Å²) in [5.74, 6) is -0.892. The molecule has 0 radical (unpaired) electrons. The first-order valence-corrected chi connectivity index (χ1v) is 12.2. The minimum absolute atomic E-state index is 0. The molecule has 1 fully saturated rings. The molecule has 1 aliphatic rings. The van der Waals surface area contributed by atoms with E-state index < -0.39 is 5.97 Å². The molecule has 1 saturated carbocycles. The summed E-state index contributed by atoms with van der Waals surface area (Å²) in [4.78, 5) is 20.3. The fraction of sp³-hybridized carbons (Fsp3) is 0.214. The van der Waals surface area contributed by atoms with Crippen LogP contribution in [0.4, 0.5) is 5.13 Å². The molecule has 5 rings (SSSR count). The number of anilines is 1. The minimum atomic E-state index is -0.892. The molecule has 1 heterocycles. The number of aromatic nitrogens is 1. The first-order valence-electron chi connectivity index (χ1n) is 11.4. The molecule has 34 heavy (non-hydrogen) atoms. The molecule has 3 aromatic carbocycles. The van der Waals surface area contributed by atoms with E-state index in [0.717, 1.165) is 34.8 Å². The van der Waals surface area contributed by atoms with Gasteiger partial charge in [0, 0.05) is 18.2 Å². The van der Waals surface area contributed by atoms with Crippen molar-refractivity contribution in [2.75, 3.05) is 4.90 Å². The van der Waals surface area contributed by atoms with Crippen molar-refractivity contribution in [3.05, 3.63) is 96.1 Å². The quantitative estimate of drug-likeness (QED) is 0.309. The van der Waals surface area contributed by atoms with Gasteiger partial charge in [-0.15, -0.1) is 0 Å². The molecule has 0 bridgehead atoms. The number of carbonyl (C=O) groups is 1. The first kappa shape index (κ1) is 24.7. The number of nitrogens with zero attached hydrogens (tertiary/aromatic N) is 2. The maximum absolute atomic E-state index is 11.5. The number of thiazole rings is 1. The Hall–Kier alpha value is -2.44. The second kappa shape index (κ2) is 11.3. The molecule has 1 aliphatic carbocycles. The Labute approximate surface area is 226 Å². The first-order chi connectivity index (χ1) is 16.2. The van der Waals surface area contributed by atoms with Crippen molar-refractivity contribution in [1.82, 2.24) is 4.98 Å². The van der Waals surface area contributed by atoms with Crippen molar-refractivity contribution in [3.8, 4) is 21.7 Å². The van der Waals surface area contributed by atoms with Crippen LogP contribution in [0.1, 0.15) is 41.6 Å². The Morgan fingerprint density at radius 2 is 1.56 bits per heavy atom. The van der Waals surface area contributed by atoms with Gasteiger partial charge in [0.2, 0.25) is 0 Å². The summed E-state index contributed by atoms with van der Waals surface area (Å²) in [6.45, 7) is 0.655. The molecule has 6 heteroatoms. The van der Waals surface area contributed by atoms with Crippen molar-refractivity contribution in [2.24, 2.45) is 0 Å². The fourth-order valence-corrected chi connectivity index (χ4v) is 5.74. The van der Waals surface area contributed by atoms with Gasteiger partial charge >= 0.3 is 35.5 Å². The Balaban J connectivity index is 0.00000274. The molecule has 4 nitrogen and oxygen atoms in total. The van der Waals surface area contributed by atoms with E-state index in [1.165, 1.54) is 23.3 Å². The molecule has 0 saturated heterocycles. The molecule has 168 valence electrons. The number of carboxylic acids is 1. The molecule has 1 N–H and O–H groups in total. The van der Waals surface area contributed by atoms with Gasteiger partial charge in [0.15, 0.2) is 5.13 Å². The summed E-state index contributed by atoms with van der Waals surface area (Å²) < 4.78 is 0. The molecule has 0 spiro atoms. The SMILES string of the molecule is O=C(O)c1cccc(CN(c2nc(-c3ccccc3)c(-c3ccccc3)s2)C2CCCC2)c1.[NaH]. The van der Waals surface area contributed by atoms with Gasteiger partial charge in [-0.3, -0.25) is 0 Å². The molecule has 0 atom stereocenters. The molecular formula is C28H27N2NaO2S. The third-order valence-electron chi connectivity index (χ3n) is 6.24. The van der Waals surface area contributed by atoms with Crippen molar-refractivity contribution < 1.29 is 9.90 Å². The molecule has 1 aromatic heterocycles. The van der Waals surface area contributed by atoms with Crippen molar-refractivity contribution in [3.63, 3.8) is 0 Å². The van der Waals surface area contributed by atoms with E-state index >= 15 is 0 Å². The third-order valence-corrected chi connectivity index (χ3v) is 7.38. The van der Waals surface area contributed by atoms with Crippen LogP contribution in [0.15, 0.2) is 84.9 Å². The monoisotopic (exact) mass is 478 g/mol. The van der Waals surface area contributed by atoms with Gasteiger partial charge in [-0.1, -0.05) is 97.0 Å². The topological polar surface area (TPSA) is 53.4 Å². The van der Waals surface area contributed by atoms with Crippen LogP contribution in [0.2, 0.25) is 0 Å². The van der Waals surface area contributed by atoms with Crippen molar-refractivity contribution >= 4 is 52.0 Å². The van der Waals surface area contributed by atoms with E-state index in [1.54, 1.807) is 23.5 Å². The van der Waals surface area contributed by atoms with Gasteiger partial charge in [0.1, 0.15) is 0 Å². The average molecular weight is 479 g/mol. The number of rotatable bonds is 7. The Bertz CT molecular complexity index is 1180. The zero-order chi connectivity index (χ0) is 22.6. The maximum atomic E-state index is 11.5. The van der Waals surface area contributed by atoms with Gasteiger partial charge in [-0.25, -0.2) is 9.78 Å². The average Bonchev–Trinajstić information content (AvgIpc) is 3.55. The molecule has 0 unspecified atom stereocenters. The summed E-state index contributed by atoms with van der Waals surface area (Å²) in [5.41, 5.74) is 4.61. The van der Waals surface area contributed by atoms with Crippen molar-refractivity contribution in [1.29, 1.82) is 0 Å². The van der Waals surface area contributed by atoms with E-state index in [0.29, 0.717) is 18.2 Å². The predicted molar refractivity (Wildman–Crippen MR) is 142 cm³/mol. The van der Waals surface area contributed by atoms with E-state index in [9.17, 15) is 9.90 Å². The van der Waals surface area contributed by atoms with Crippen LogP contribution in [0, 0.1) is 0 Å². The van der Waals surface area contributed by atoms with Crippen LogP contribution in [0.5, 0.6) is 0 Å². The summed E-state index contributed by atoms with van der Waals surface area (Å²) >= 11 is 1.73.